The van der Waals surface area contributed by atoms with Crippen molar-refractivity contribution in [3.63, 3.8) is 0 Å². The zero-order chi connectivity index (χ0) is 16.8. The lowest BCUT2D eigenvalue weighted by atomic mass is 10.1. The van der Waals surface area contributed by atoms with Crippen LogP contribution in [0.15, 0.2) is 42.9 Å². The van der Waals surface area contributed by atoms with E-state index in [1.165, 1.54) is 0 Å². The Morgan fingerprint density at radius 2 is 2.12 bits per heavy atom. The van der Waals surface area contributed by atoms with Crippen LogP contribution in [0.25, 0.3) is 0 Å². The van der Waals surface area contributed by atoms with Gasteiger partial charge in [0.15, 0.2) is 0 Å². The predicted octanol–water partition coefficient (Wildman–Crippen LogP) is 2.56. The lowest BCUT2D eigenvalue weighted by Gasteiger charge is -2.32. The molecule has 0 bridgehead atoms. The van der Waals surface area contributed by atoms with E-state index in [1.54, 1.807) is 30.7 Å². The third-order valence-corrected chi connectivity index (χ3v) is 3.90. The molecule has 0 N–H and O–H groups in total. The van der Waals surface area contributed by atoms with Crippen LogP contribution in [0.4, 0.5) is 0 Å². The van der Waals surface area contributed by atoms with Gasteiger partial charge in [0.2, 0.25) is 5.88 Å². The van der Waals surface area contributed by atoms with Gasteiger partial charge in [-0.3, -0.25) is 9.78 Å². The summed E-state index contributed by atoms with van der Waals surface area (Å²) in [7, 11) is 0. The summed E-state index contributed by atoms with van der Waals surface area (Å²) in [6.45, 7) is 3.85. The molecule has 1 atom stereocenters. The van der Waals surface area contributed by atoms with Gasteiger partial charge in [-0.15, -0.1) is 0 Å². The molecule has 1 aromatic carbocycles. The van der Waals surface area contributed by atoms with Crippen LogP contribution in [0.3, 0.4) is 0 Å². The second kappa shape index (κ2) is 7.77. The second-order valence-electron chi connectivity index (χ2n) is 5.63. The monoisotopic (exact) mass is 327 g/mol. The Morgan fingerprint density at radius 1 is 1.29 bits per heavy atom. The molecule has 1 saturated heterocycles. The van der Waals surface area contributed by atoms with Gasteiger partial charge in [-0.25, -0.2) is 4.98 Å². The highest BCUT2D eigenvalue weighted by Crippen LogP contribution is 2.19. The molecule has 6 nitrogen and oxygen atoms in total. The van der Waals surface area contributed by atoms with E-state index in [-0.39, 0.29) is 12.0 Å². The number of amides is 1. The second-order valence-corrected chi connectivity index (χ2v) is 5.63. The number of aromatic nitrogens is 2. The van der Waals surface area contributed by atoms with E-state index in [0.717, 1.165) is 25.1 Å². The standard InChI is InChI=1S/C18H21N3O3/c1-2-23-15-7-5-14(6-8-15)18(22)21-11-3-4-16(13-21)24-17-12-19-9-10-20-17/h5-10,12,16H,2-4,11,13H2,1H3. The topological polar surface area (TPSA) is 64.5 Å². The molecule has 1 aliphatic rings. The Hall–Kier alpha value is -2.63. The number of ether oxygens (including phenoxy) is 2. The van der Waals surface area contributed by atoms with Gasteiger partial charge in [0.1, 0.15) is 11.9 Å². The first-order valence-corrected chi connectivity index (χ1v) is 8.21. The highest BCUT2D eigenvalue weighted by atomic mass is 16.5. The first-order valence-electron chi connectivity index (χ1n) is 8.21. The van der Waals surface area contributed by atoms with E-state index >= 15 is 0 Å². The smallest absolute Gasteiger partial charge is 0.253 e. The number of benzene rings is 1. The van der Waals surface area contributed by atoms with E-state index in [4.69, 9.17) is 9.47 Å². The summed E-state index contributed by atoms with van der Waals surface area (Å²) in [5.74, 6) is 1.29. The Morgan fingerprint density at radius 3 is 2.83 bits per heavy atom. The summed E-state index contributed by atoms with van der Waals surface area (Å²) in [5.41, 5.74) is 0.665. The highest BCUT2D eigenvalue weighted by molar-refractivity contribution is 5.94. The molecule has 2 heterocycles. The number of hydrogen-bond acceptors (Lipinski definition) is 5. The predicted molar refractivity (Wildman–Crippen MR) is 89.2 cm³/mol. The van der Waals surface area contributed by atoms with E-state index < -0.39 is 0 Å². The number of carbonyl (C=O) groups excluding carboxylic acids is 1. The van der Waals surface area contributed by atoms with Crippen molar-refractivity contribution in [2.45, 2.75) is 25.9 Å². The lowest BCUT2D eigenvalue weighted by Crippen LogP contribution is -2.44. The molecule has 1 aliphatic heterocycles. The molecule has 1 aromatic heterocycles. The lowest BCUT2D eigenvalue weighted by molar-refractivity contribution is 0.0527. The van der Waals surface area contributed by atoms with Crippen LogP contribution in [0.5, 0.6) is 11.6 Å². The normalized spacial score (nSPS) is 17.4. The van der Waals surface area contributed by atoms with E-state index in [2.05, 4.69) is 9.97 Å². The molecule has 1 unspecified atom stereocenters. The van der Waals surface area contributed by atoms with Crippen molar-refractivity contribution in [1.29, 1.82) is 0 Å². The summed E-state index contributed by atoms with van der Waals surface area (Å²) in [4.78, 5) is 22.6. The van der Waals surface area contributed by atoms with Crippen LogP contribution >= 0.6 is 0 Å². The average Bonchev–Trinajstić information content (AvgIpc) is 2.63. The summed E-state index contributed by atoms with van der Waals surface area (Å²) in [6, 6.07) is 7.27. The van der Waals surface area contributed by atoms with E-state index in [0.29, 0.717) is 24.6 Å². The van der Waals surface area contributed by atoms with Crippen molar-refractivity contribution in [2.24, 2.45) is 0 Å². The maximum absolute atomic E-state index is 12.7. The number of piperidine rings is 1. The minimum Gasteiger partial charge on any atom is -0.494 e. The Kier molecular flexibility index (Phi) is 5.25. The van der Waals surface area contributed by atoms with Gasteiger partial charge in [-0.2, -0.15) is 0 Å². The molecule has 126 valence electrons. The number of hydrogen-bond donors (Lipinski definition) is 0. The zero-order valence-corrected chi connectivity index (χ0v) is 13.7. The van der Waals surface area contributed by atoms with E-state index in [9.17, 15) is 4.79 Å². The maximum atomic E-state index is 12.7. The van der Waals surface area contributed by atoms with Crippen LogP contribution in [0, 0.1) is 0 Å². The third-order valence-electron chi connectivity index (χ3n) is 3.90. The summed E-state index contributed by atoms with van der Waals surface area (Å²) < 4.78 is 11.2. The third kappa shape index (κ3) is 4.01. The average molecular weight is 327 g/mol. The minimum absolute atomic E-state index is 0.0190. The fourth-order valence-corrected chi connectivity index (χ4v) is 2.78. The fraction of sp³-hybridized carbons (Fsp3) is 0.389. The number of likely N-dealkylation sites (tertiary alicyclic amines) is 1. The van der Waals surface area contributed by atoms with Gasteiger partial charge in [-0.1, -0.05) is 0 Å². The highest BCUT2D eigenvalue weighted by Gasteiger charge is 2.26. The maximum Gasteiger partial charge on any atom is 0.253 e. The molecule has 0 saturated carbocycles. The number of rotatable bonds is 5. The van der Waals surface area contributed by atoms with Crippen molar-refractivity contribution < 1.29 is 14.3 Å². The van der Waals surface area contributed by atoms with Crippen LogP contribution in [-0.4, -0.2) is 46.6 Å². The molecule has 0 aliphatic carbocycles. The van der Waals surface area contributed by atoms with Gasteiger partial charge in [0, 0.05) is 24.5 Å². The largest absolute Gasteiger partial charge is 0.494 e. The molecule has 1 fully saturated rings. The zero-order valence-electron chi connectivity index (χ0n) is 13.7. The molecular weight excluding hydrogens is 306 g/mol. The molecule has 2 aromatic rings. The molecule has 0 spiro atoms. The molecule has 3 rings (SSSR count). The van der Waals surface area contributed by atoms with Crippen LogP contribution in [0.2, 0.25) is 0 Å². The molecule has 0 radical (unpaired) electrons. The summed E-state index contributed by atoms with van der Waals surface area (Å²) in [6.07, 6.45) is 6.56. The van der Waals surface area contributed by atoms with Gasteiger partial charge in [-0.05, 0) is 44.0 Å². The van der Waals surface area contributed by atoms with Crippen LogP contribution in [0.1, 0.15) is 30.1 Å². The van der Waals surface area contributed by atoms with Crippen LogP contribution in [-0.2, 0) is 0 Å². The van der Waals surface area contributed by atoms with Gasteiger partial charge in [0.25, 0.3) is 5.91 Å². The Labute approximate surface area is 141 Å². The van der Waals surface area contributed by atoms with Crippen molar-refractivity contribution in [3.05, 3.63) is 48.4 Å². The Balaban J connectivity index is 1.62. The van der Waals surface area contributed by atoms with Crippen molar-refractivity contribution in [1.82, 2.24) is 14.9 Å². The van der Waals surface area contributed by atoms with Gasteiger partial charge >= 0.3 is 0 Å². The summed E-state index contributed by atoms with van der Waals surface area (Å²) in [5, 5.41) is 0. The minimum atomic E-state index is -0.0536. The SMILES string of the molecule is CCOc1ccc(C(=O)N2CCCC(Oc3cnccn3)C2)cc1. The van der Waals surface area contributed by atoms with Crippen molar-refractivity contribution in [2.75, 3.05) is 19.7 Å². The quantitative estimate of drug-likeness (QED) is 0.844. The first kappa shape index (κ1) is 16.2. The van der Waals surface area contributed by atoms with E-state index in [1.807, 2.05) is 24.0 Å². The molecule has 6 heteroatoms. The first-order chi connectivity index (χ1) is 11.8. The van der Waals surface area contributed by atoms with Crippen LogP contribution < -0.4 is 9.47 Å². The summed E-state index contributed by atoms with van der Waals surface area (Å²) >= 11 is 0. The molecule has 24 heavy (non-hydrogen) atoms. The van der Waals surface area contributed by atoms with Crippen molar-refractivity contribution in [3.8, 4) is 11.6 Å². The molecule has 1 amide bonds. The number of nitrogens with zero attached hydrogens (tertiary/aromatic N) is 3. The van der Waals surface area contributed by atoms with Gasteiger partial charge < -0.3 is 14.4 Å². The Bertz CT molecular complexity index is 661. The molecular formula is C18H21N3O3. The van der Waals surface area contributed by atoms with Crippen molar-refractivity contribution >= 4 is 5.91 Å². The fourth-order valence-electron chi connectivity index (χ4n) is 2.78. The van der Waals surface area contributed by atoms with Gasteiger partial charge in [0.05, 0.1) is 19.3 Å². The number of carbonyl (C=O) groups is 1.